The van der Waals surface area contributed by atoms with Gasteiger partial charge in [-0.1, -0.05) is 164 Å². The van der Waals surface area contributed by atoms with E-state index in [0.29, 0.717) is 0 Å². The average Bonchev–Trinajstić information content (AvgIpc) is 3.24. The number of benzene rings is 10. The monoisotopic (exact) mass is 673 g/mol. The number of para-hydroxylation sites is 2. The summed E-state index contributed by atoms with van der Waals surface area (Å²) < 4.78 is 0. The van der Waals surface area contributed by atoms with Gasteiger partial charge in [-0.2, -0.15) is 0 Å². The predicted octanol–water partition coefficient (Wildman–Crippen LogP) is 14.8. The van der Waals surface area contributed by atoms with Gasteiger partial charge >= 0.3 is 0 Å². The quantitative estimate of drug-likeness (QED) is 0.159. The van der Waals surface area contributed by atoms with Gasteiger partial charge in [-0.3, -0.25) is 0 Å². The van der Waals surface area contributed by atoms with Crippen LogP contribution in [-0.2, 0) is 0 Å². The van der Waals surface area contributed by atoms with Gasteiger partial charge in [0.1, 0.15) is 0 Å². The molecule has 248 valence electrons. The first-order chi connectivity index (χ1) is 26.3. The summed E-state index contributed by atoms with van der Waals surface area (Å²) in [5.41, 5.74) is 10.7. The molecule has 0 bridgehead atoms. The molecule has 0 saturated carbocycles. The van der Waals surface area contributed by atoms with Gasteiger partial charge in [-0.25, -0.2) is 0 Å². The minimum absolute atomic E-state index is 1.11. The van der Waals surface area contributed by atoms with Gasteiger partial charge in [0.25, 0.3) is 0 Å². The first kappa shape index (κ1) is 30.8. The average molecular weight is 674 g/mol. The van der Waals surface area contributed by atoms with Crippen molar-refractivity contribution in [2.75, 3.05) is 4.90 Å². The molecule has 0 aliphatic heterocycles. The highest BCUT2D eigenvalue weighted by Crippen LogP contribution is 2.49. The number of hydrogen-bond donors (Lipinski definition) is 0. The van der Waals surface area contributed by atoms with Crippen molar-refractivity contribution in [1.82, 2.24) is 0 Å². The second-order valence-electron chi connectivity index (χ2n) is 13.7. The molecular formula is C52H35N. The fourth-order valence-electron chi connectivity index (χ4n) is 8.21. The summed E-state index contributed by atoms with van der Waals surface area (Å²) in [6.45, 7) is 0. The van der Waals surface area contributed by atoms with Gasteiger partial charge < -0.3 is 4.90 Å². The van der Waals surface area contributed by atoms with E-state index in [0.717, 1.165) is 17.1 Å². The normalized spacial score (nSPS) is 11.4. The summed E-state index contributed by atoms with van der Waals surface area (Å²) in [4.78, 5) is 2.32. The van der Waals surface area contributed by atoms with Crippen LogP contribution in [-0.4, -0.2) is 0 Å². The summed E-state index contributed by atoms with van der Waals surface area (Å²) in [7, 11) is 0. The van der Waals surface area contributed by atoms with Gasteiger partial charge in [0.2, 0.25) is 0 Å². The molecule has 0 saturated heterocycles. The lowest BCUT2D eigenvalue weighted by molar-refractivity contribution is 1.28. The molecule has 0 aliphatic rings. The molecule has 0 fully saturated rings. The van der Waals surface area contributed by atoms with E-state index in [2.05, 4.69) is 217 Å². The van der Waals surface area contributed by atoms with Gasteiger partial charge in [0.05, 0.1) is 0 Å². The second-order valence-corrected chi connectivity index (χ2v) is 13.7. The fourth-order valence-corrected chi connectivity index (χ4v) is 8.21. The fraction of sp³-hybridized carbons (Fsp3) is 0. The molecule has 0 unspecified atom stereocenters. The van der Waals surface area contributed by atoms with Gasteiger partial charge in [0, 0.05) is 17.1 Å². The smallest absolute Gasteiger partial charge is 0.0462 e. The molecule has 0 atom stereocenters. The zero-order valence-corrected chi connectivity index (χ0v) is 29.2. The molecule has 1 heteroatoms. The van der Waals surface area contributed by atoms with Crippen molar-refractivity contribution in [3.8, 4) is 33.4 Å². The third kappa shape index (κ3) is 5.34. The second kappa shape index (κ2) is 13.0. The van der Waals surface area contributed by atoms with E-state index >= 15 is 0 Å². The van der Waals surface area contributed by atoms with Crippen LogP contribution in [0.2, 0.25) is 0 Å². The summed E-state index contributed by atoms with van der Waals surface area (Å²) >= 11 is 0. The lowest BCUT2D eigenvalue weighted by Gasteiger charge is -2.26. The van der Waals surface area contributed by atoms with Crippen molar-refractivity contribution < 1.29 is 0 Å². The zero-order chi connectivity index (χ0) is 35.1. The van der Waals surface area contributed by atoms with Crippen LogP contribution >= 0.6 is 0 Å². The van der Waals surface area contributed by atoms with E-state index in [1.54, 1.807) is 0 Å². The highest BCUT2D eigenvalue weighted by atomic mass is 15.1. The summed E-state index contributed by atoms with van der Waals surface area (Å²) in [6, 6.07) is 77.2. The van der Waals surface area contributed by atoms with Crippen LogP contribution < -0.4 is 4.90 Å². The summed E-state index contributed by atoms with van der Waals surface area (Å²) in [6.07, 6.45) is 0. The van der Waals surface area contributed by atoms with Crippen LogP contribution in [0.15, 0.2) is 212 Å². The standard InChI is InChI=1S/C52H35N/c1-4-17-38(18-5-1)50-49(40-29-28-36-16-10-11-19-39(36)34-40)35-48(51-46-26-14-12-24-44(46)45-25-13-15-27-47(45)52(50)51)37-30-32-43(33-31-37)53(41-20-6-2-7-21-41)42-22-8-3-9-23-42/h1-35H. The number of hydrogen-bond acceptors (Lipinski definition) is 1. The van der Waals surface area contributed by atoms with Crippen molar-refractivity contribution >= 4 is 60.2 Å². The first-order valence-corrected chi connectivity index (χ1v) is 18.3. The van der Waals surface area contributed by atoms with E-state index in [4.69, 9.17) is 0 Å². The minimum Gasteiger partial charge on any atom is -0.311 e. The van der Waals surface area contributed by atoms with Gasteiger partial charge in [-0.15, -0.1) is 0 Å². The van der Waals surface area contributed by atoms with Crippen LogP contribution in [0.1, 0.15) is 0 Å². The molecule has 10 aromatic rings. The molecule has 0 spiro atoms. The first-order valence-electron chi connectivity index (χ1n) is 18.3. The van der Waals surface area contributed by atoms with Crippen molar-refractivity contribution in [3.05, 3.63) is 212 Å². The van der Waals surface area contributed by atoms with Crippen molar-refractivity contribution in [2.24, 2.45) is 0 Å². The largest absolute Gasteiger partial charge is 0.311 e. The SMILES string of the molecule is c1ccc(-c2c(-c3ccc4ccccc4c3)cc(-c3ccc(N(c4ccccc4)c4ccccc4)cc3)c3c4ccccc4c4ccccc4c23)cc1. The number of anilines is 3. The highest BCUT2D eigenvalue weighted by Gasteiger charge is 2.22. The summed E-state index contributed by atoms with van der Waals surface area (Å²) in [5, 5.41) is 10.1. The Morgan fingerprint density at radius 3 is 1.36 bits per heavy atom. The molecule has 10 aromatic carbocycles. The van der Waals surface area contributed by atoms with Crippen molar-refractivity contribution in [3.63, 3.8) is 0 Å². The molecule has 0 aromatic heterocycles. The molecule has 0 N–H and O–H groups in total. The van der Waals surface area contributed by atoms with Crippen molar-refractivity contribution in [2.45, 2.75) is 0 Å². The lowest BCUT2D eigenvalue weighted by atomic mass is 9.81. The molecule has 0 amide bonds. The molecular weight excluding hydrogens is 639 g/mol. The lowest BCUT2D eigenvalue weighted by Crippen LogP contribution is -2.09. The van der Waals surface area contributed by atoms with Gasteiger partial charge in [0.15, 0.2) is 0 Å². The van der Waals surface area contributed by atoms with E-state index in [-0.39, 0.29) is 0 Å². The van der Waals surface area contributed by atoms with Crippen LogP contribution in [0.3, 0.4) is 0 Å². The number of rotatable bonds is 6. The van der Waals surface area contributed by atoms with E-state index in [1.807, 2.05) is 0 Å². The maximum Gasteiger partial charge on any atom is 0.0462 e. The molecule has 0 heterocycles. The molecule has 1 nitrogen and oxygen atoms in total. The Labute approximate surface area is 309 Å². The van der Waals surface area contributed by atoms with Crippen LogP contribution in [0.4, 0.5) is 17.1 Å². The Bertz CT molecular complexity index is 2870. The third-order valence-corrected chi connectivity index (χ3v) is 10.6. The molecule has 10 rings (SSSR count). The highest BCUT2D eigenvalue weighted by molar-refractivity contribution is 6.33. The van der Waals surface area contributed by atoms with Crippen LogP contribution in [0.5, 0.6) is 0 Å². The van der Waals surface area contributed by atoms with E-state index in [9.17, 15) is 0 Å². The zero-order valence-electron chi connectivity index (χ0n) is 29.2. The van der Waals surface area contributed by atoms with E-state index < -0.39 is 0 Å². The summed E-state index contributed by atoms with van der Waals surface area (Å²) in [5.74, 6) is 0. The third-order valence-electron chi connectivity index (χ3n) is 10.6. The number of nitrogens with zero attached hydrogens (tertiary/aromatic N) is 1. The Balaban J connectivity index is 1.30. The molecule has 0 aliphatic carbocycles. The number of fused-ring (bicyclic) bond motifs is 7. The maximum atomic E-state index is 2.46. The molecule has 0 radical (unpaired) electrons. The predicted molar refractivity (Wildman–Crippen MR) is 227 cm³/mol. The van der Waals surface area contributed by atoms with Gasteiger partial charge in [-0.05, 0) is 125 Å². The van der Waals surface area contributed by atoms with Crippen molar-refractivity contribution in [1.29, 1.82) is 0 Å². The van der Waals surface area contributed by atoms with E-state index in [1.165, 1.54) is 76.5 Å². The van der Waals surface area contributed by atoms with Crippen LogP contribution in [0.25, 0.3) is 76.5 Å². The Morgan fingerprint density at radius 2 is 0.736 bits per heavy atom. The Morgan fingerprint density at radius 1 is 0.264 bits per heavy atom. The Hall–Kier alpha value is -6.96. The van der Waals surface area contributed by atoms with Crippen LogP contribution in [0, 0.1) is 0 Å². The minimum atomic E-state index is 1.11. The Kier molecular flexibility index (Phi) is 7.55. The maximum absolute atomic E-state index is 2.46. The molecule has 53 heavy (non-hydrogen) atoms. The topological polar surface area (TPSA) is 3.24 Å².